The first kappa shape index (κ1) is 58.2. The maximum absolute atomic E-state index is 14.5. The molecule has 7 amide bonds. The van der Waals surface area contributed by atoms with Crippen LogP contribution in [0.25, 0.3) is 0 Å². The van der Waals surface area contributed by atoms with E-state index in [-0.39, 0.29) is 30.8 Å². The van der Waals surface area contributed by atoms with Gasteiger partial charge in [-0.2, -0.15) is 0 Å². The summed E-state index contributed by atoms with van der Waals surface area (Å²) in [6, 6.07) is 9.78. The number of allylic oxidation sites excluding steroid dienone is 2. The summed E-state index contributed by atoms with van der Waals surface area (Å²) in [7, 11) is 2.85. The Hall–Kier alpha value is -7.15. The monoisotopic (exact) mass is 986 g/mol. The largest absolute Gasteiger partial charge is 0.480 e. The topological polar surface area (TPSA) is 279 Å². The number of aliphatic carboxylic acids is 2. The number of hydrogen-bond donors (Lipinski definition) is 8. The molecule has 2 aromatic carbocycles. The Kier molecular flexibility index (Phi) is 22.8. The van der Waals surface area contributed by atoms with Crippen LogP contribution in [0.1, 0.15) is 78.9 Å². The number of methoxy groups -OCH3 is 1. The third-order valence-electron chi connectivity index (χ3n) is 12.3. The van der Waals surface area contributed by atoms with Crippen LogP contribution in [0.4, 0.5) is 0 Å². The maximum atomic E-state index is 14.5. The average molecular weight is 986 g/mol. The molecule has 3 rings (SSSR count). The normalized spacial score (nSPS) is 25.4. The predicted octanol–water partition coefficient (Wildman–Crippen LogP) is 2.81. The third-order valence-corrected chi connectivity index (χ3v) is 12.3. The van der Waals surface area contributed by atoms with Crippen molar-refractivity contribution >= 4 is 53.3 Å². The molecule has 1 aliphatic heterocycles. The van der Waals surface area contributed by atoms with Gasteiger partial charge in [-0.1, -0.05) is 126 Å². The van der Waals surface area contributed by atoms with Crippen molar-refractivity contribution in [3.63, 3.8) is 0 Å². The summed E-state index contributed by atoms with van der Waals surface area (Å²) in [6.45, 7) is 15.0. The molecule has 19 heteroatoms. The fourth-order valence-corrected chi connectivity index (χ4v) is 7.74. The zero-order chi connectivity index (χ0) is 53.1. The fourth-order valence-electron chi connectivity index (χ4n) is 7.74. The first-order valence-corrected chi connectivity index (χ1v) is 23.6. The van der Waals surface area contributed by atoms with Crippen molar-refractivity contribution in [1.29, 1.82) is 0 Å². The minimum Gasteiger partial charge on any atom is -0.480 e. The van der Waals surface area contributed by atoms with Gasteiger partial charge in [-0.25, -0.2) is 9.59 Å². The zero-order valence-electron chi connectivity index (χ0n) is 42.0. The number of rotatable bonds is 13. The Morgan fingerprint density at radius 2 is 1.31 bits per heavy atom. The quantitative estimate of drug-likeness (QED) is 0.106. The summed E-state index contributed by atoms with van der Waals surface area (Å²) in [5, 5.41) is 35.8. The highest BCUT2D eigenvalue weighted by atomic mass is 16.5. The number of hydrogen-bond acceptors (Lipinski definition) is 10. The Labute approximate surface area is 415 Å². The predicted molar refractivity (Wildman–Crippen MR) is 265 cm³/mol. The van der Waals surface area contributed by atoms with Gasteiger partial charge in [0.05, 0.1) is 24.0 Å². The molecule has 8 N–H and O–H groups in total. The number of carbonyl (C=O) groups is 9. The van der Waals surface area contributed by atoms with Crippen LogP contribution in [0.15, 0.2) is 96.7 Å². The summed E-state index contributed by atoms with van der Waals surface area (Å²) in [5.74, 6) is -12.1. The average Bonchev–Trinajstić information content (AvgIpc) is 3.32. The smallest absolute Gasteiger partial charge is 0.327 e. The summed E-state index contributed by atoms with van der Waals surface area (Å²) in [4.78, 5) is 122. The van der Waals surface area contributed by atoms with Crippen LogP contribution in [0, 0.1) is 23.7 Å². The molecule has 1 fully saturated rings. The molecule has 4 unspecified atom stereocenters. The van der Waals surface area contributed by atoms with E-state index >= 15 is 0 Å². The molecule has 19 nitrogen and oxygen atoms in total. The van der Waals surface area contributed by atoms with Crippen molar-refractivity contribution in [2.24, 2.45) is 23.7 Å². The molecule has 2 aromatic rings. The van der Waals surface area contributed by atoms with E-state index in [1.165, 1.54) is 27.8 Å². The van der Waals surface area contributed by atoms with Crippen molar-refractivity contribution in [2.75, 3.05) is 14.2 Å². The summed E-state index contributed by atoms with van der Waals surface area (Å²) >= 11 is 0. The van der Waals surface area contributed by atoms with E-state index < -0.39 is 120 Å². The second-order valence-corrected chi connectivity index (χ2v) is 18.5. The van der Waals surface area contributed by atoms with Crippen molar-refractivity contribution in [1.82, 2.24) is 36.8 Å². The molecule has 0 aliphatic carbocycles. The van der Waals surface area contributed by atoms with Crippen LogP contribution < -0.4 is 31.9 Å². The first-order valence-electron chi connectivity index (χ1n) is 23.6. The van der Waals surface area contributed by atoms with Gasteiger partial charge < -0.3 is 51.8 Å². The van der Waals surface area contributed by atoms with E-state index in [9.17, 15) is 53.4 Å². The molecule has 0 bridgehead atoms. The van der Waals surface area contributed by atoms with E-state index in [1.807, 2.05) is 50.3 Å². The molecule has 386 valence electrons. The summed E-state index contributed by atoms with van der Waals surface area (Å²) in [6.07, 6.45) is 4.66. The van der Waals surface area contributed by atoms with Crippen LogP contribution in [-0.2, 0) is 60.7 Å². The number of likely N-dealkylation sites (N-methyl/N-ethyl adjacent to an activating group) is 1. The minimum atomic E-state index is -1.86. The first-order chi connectivity index (χ1) is 33.4. The lowest BCUT2D eigenvalue weighted by Gasteiger charge is -2.29. The lowest BCUT2D eigenvalue weighted by molar-refractivity contribution is -0.146. The van der Waals surface area contributed by atoms with E-state index in [4.69, 9.17) is 4.74 Å². The van der Waals surface area contributed by atoms with Gasteiger partial charge in [-0.3, -0.25) is 33.6 Å². The van der Waals surface area contributed by atoms with Crippen molar-refractivity contribution in [2.45, 2.75) is 123 Å². The molecular formula is C52H71N7O12. The van der Waals surface area contributed by atoms with Gasteiger partial charge in [0.15, 0.2) is 0 Å². The number of amides is 7. The van der Waals surface area contributed by atoms with Gasteiger partial charge in [-0.05, 0) is 50.2 Å². The number of ether oxygens (including phenoxy) is 1. The highest BCUT2D eigenvalue weighted by Crippen LogP contribution is 2.19. The van der Waals surface area contributed by atoms with Crippen LogP contribution in [0.5, 0.6) is 0 Å². The number of carbonyl (C=O) groups excluding carboxylic acids is 7. The Morgan fingerprint density at radius 3 is 1.87 bits per heavy atom. The minimum absolute atomic E-state index is 0.0213. The molecule has 0 aromatic heterocycles. The molecule has 71 heavy (non-hydrogen) atoms. The van der Waals surface area contributed by atoms with E-state index in [0.717, 1.165) is 16.0 Å². The Bertz CT molecular complexity index is 2290. The molecule has 1 heterocycles. The second kappa shape index (κ2) is 27.9. The van der Waals surface area contributed by atoms with Gasteiger partial charge in [0.2, 0.25) is 35.4 Å². The lowest BCUT2D eigenvalue weighted by Crippen LogP contribution is -2.59. The highest BCUT2D eigenvalue weighted by Gasteiger charge is 2.37. The van der Waals surface area contributed by atoms with Gasteiger partial charge in [0.1, 0.15) is 35.9 Å². The number of carboxylic acid groups (broad SMARTS) is 2. The maximum Gasteiger partial charge on any atom is 0.327 e. The molecular weight excluding hydrogens is 915 g/mol. The van der Waals surface area contributed by atoms with E-state index in [0.29, 0.717) is 12.0 Å². The standard InChI is InChI=1S/C52H71N7O12/c1-29(2)25-40-50(66)58-44(52(69)70)33(6)46(62)56-41(27-36-17-13-11-14-18-36)49(65)54-38(22-21-30(3)26-31(4)42(71-10)28-37-19-15-12-16-20-37)32(5)45(61)55-39(51(67)68)23-24-43(60)59(9)35(8)48(64)53-34(7)47(63)57-40/h11-22,26,29,31-34,38-42,44H,8,23-25,27-28H2,1-7,9-10H3,(H,53,64)(H,54,65)(H,55,61)(H,56,62)(H,57,63)(H,58,66)(H,67,68)(H,69,70)/b22-21+,30-26+/t31-,32-,33-,34+,38?,39?,40?,41?,42-,44+/m0/s1. The van der Waals surface area contributed by atoms with Crippen LogP contribution in [-0.4, -0.2) is 125 Å². The van der Waals surface area contributed by atoms with Crippen molar-refractivity contribution in [3.8, 4) is 0 Å². The molecule has 1 saturated heterocycles. The lowest BCUT2D eigenvalue weighted by atomic mass is 9.94. The fraction of sp³-hybridized carbons (Fsp3) is 0.481. The number of carboxylic acids is 2. The van der Waals surface area contributed by atoms with Gasteiger partial charge in [-0.15, -0.1) is 0 Å². The Morgan fingerprint density at radius 1 is 0.746 bits per heavy atom. The van der Waals surface area contributed by atoms with E-state index in [2.05, 4.69) is 38.5 Å². The molecule has 0 radical (unpaired) electrons. The molecule has 0 saturated carbocycles. The number of nitrogens with one attached hydrogen (secondary N) is 6. The summed E-state index contributed by atoms with van der Waals surface area (Å²) < 4.78 is 5.83. The number of benzene rings is 2. The van der Waals surface area contributed by atoms with Crippen LogP contribution in [0.2, 0.25) is 0 Å². The molecule has 1 aliphatic rings. The van der Waals surface area contributed by atoms with Crippen molar-refractivity contribution < 1.29 is 58.1 Å². The third kappa shape index (κ3) is 18.3. The highest BCUT2D eigenvalue weighted by molar-refractivity contribution is 6.00. The van der Waals surface area contributed by atoms with E-state index in [1.54, 1.807) is 63.4 Å². The van der Waals surface area contributed by atoms with Crippen molar-refractivity contribution in [3.05, 3.63) is 108 Å². The number of nitrogens with zero attached hydrogens (tertiary/aromatic N) is 1. The van der Waals surface area contributed by atoms with Gasteiger partial charge in [0.25, 0.3) is 5.91 Å². The zero-order valence-corrected chi connectivity index (χ0v) is 42.0. The summed E-state index contributed by atoms with van der Waals surface area (Å²) in [5.41, 5.74) is 2.01. The van der Waals surface area contributed by atoms with Crippen LogP contribution in [0.3, 0.4) is 0 Å². The second-order valence-electron chi connectivity index (χ2n) is 18.5. The van der Waals surface area contributed by atoms with Gasteiger partial charge in [0, 0.05) is 32.9 Å². The molecule has 10 atom stereocenters. The van der Waals surface area contributed by atoms with Gasteiger partial charge >= 0.3 is 11.9 Å². The molecule has 0 spiro atoms. The SMILES string of the molecule is C=C1C(=O)N[C@H](C)C(=O)NC(CC(C)C)C(=O)N[C@@H](C(=O)O)[C@H](C)C(=O)NC(Cc2ccccc2)C(=O)NC(/C=C/C(C)=C/[C@H](C)[C@H](Cc2ccccc2)OC)[C@H](C)C(=O)NC(C(=O)O)CCC(=O)N1C. The van der Waals surface area contributed by atoms with Crippen LogP contribution >= 0.6 is 0 Å². The Balaban J connectivity index is 2.14.